The first kappa shape index (κ1) is 14.5. The molecule has 0 bridgehead atoms. The number of para-hydroxylation sites is 1. The largest absolute Gasteiger partial charge is 0.492 e. The Morgan fingerprint density at radius 3 is 2.77 bits per heavy atom. The molecule has 0 radical (unpaired) electrons. The second-order valence-corrected chi connectivity index (χ2v) is 6.25. The maximum absolute atomic E-state index is 11.2. The van der Waals surface area contributed by atoms with E-state index >= 15 is 0 Å². The third-order valence-corrected chi connectivity index (χ3v) is 4.06. The molecule has 0 amide bonds. The van der Waals surface area contributed by atoms with Gasteiger partial charge in [-0.15, -0.1) is 0 Å². The van der Waals surface area contributed by atoms with Crippen molar-refractivity contribution in [1.29, 1.82) is 0 Å². The van der Waals surface area contributed by atoms with Crippen LogP contribution in [0.15, 0.2) is 52.6 Å². The van der Waals surface area contributed by atoms with E-state index < -0.39 is 10.0 Å². The summed E-state index contributed by atoms with van der Waals surface area (Å²) >= 11 is 0. The summed E-state index contributed by atoms with van der Waals surface area (Å²) in [5.41, 5.74) is 4.61. The summed E-state index contributed by atoms with van der Waals surface area (Å²) in [4.78, 5) is 3.94. The molecule has 0 atom stereocenters. The van der Waals surface area contributed by atoms with E-state index in [1.807, 2.05) is 24.3 Å². The minimum Gasteiger partial charge on any atom is -0.492 e. The van der Waals surface area contributed by atoms with Crippen LogP contribution in [-0.4, -0.2) is 25.7 Å². The Kier molecular flexibility index (Phi) is 3.78. The molecule has 7 nitrogen and oxygen atoms in total. The van der Waals surface area contributed by atoms with E-state index in [9.17, 15) is 8.42 Å². The zero-order valence-corrected chi connectivity index (χ0v) is 12.4. The summed E-state index contributed by atoms with van der Waals surface area (Å²) in [6, 6.07) is 10.5. The van der Waals surface area contributed by atoms with Crippen LogP contribution in [0, 0.1) is 0 Å². The standard InChI is InChI=1S/C14H14N4O3S/c15-22(19,20)10-5-6-14(16-9-10)18-17-12-7-8-21-13-4-2-1-3-11(12)13/h1-6,9H,7-8H2,(H,16,18)(H2,15,19,20)/b17-12-. The van der Waals surface area contributed by atoms with Crippen LogP contribution in [0.2, 0.25) is 0 Å². The summed E-state index contributed by atoms with van der Waals surface area (Å²) in [6.07, 6.45) is 1.87. The zero-order valence-electron chi connectivity index (χ0n) is 11.6. The number of hydrogen-bond donors (Lipinski definition) is 2. The molecule has 0 saturated carbocycles. The molecule has 1 aliphatic rings. The number of pyridine rings is 1. The molecule has 8 heteroatoms. The van der Waals surface area contributed by atoms with Gasteiger partial charge in [-0.1, -0.05) is 12.1 Å². The summed E-state index contributed by atoms with van der Waals surface area (Å²) in [7, 11) is -3.74. The Bertz CT molecular complexity index is 816. The Morgan fingerprint density at radius 1 is 1.23 bits per heavy atom. The van der Waals surface area contributed by atoms with Crippen molar-refractivity contribution in [2.24, 2.45) is 10.2 Å². The monoisotopic (exact) mass is 318 g/mol. The van der Waals surface area contributed by atoms with Gasteiger partial charge in [0, 0.05) is 18.2 Å². The van der Waals surface area contributed by atoms with Gasteiger partial charge in [0.05, 0.1) is 12.3 Å². The number of fused-ring (bicyclic) bond motifs is 1. The molecular formula is C14H14N4O3S. The number of hydrazone groups is 1. The number of sulfonamides is 1. The maximum atomic E-state index is 11.2. The van der Waals surface area contributed by atoms with Gasteiger partial charge in [0.2, 0.25) is 10.0 Å². The van der Waals surface area contributed by atoms with Gasteiger partial charge in [-0.25, -0.2) is 18.5 Å². The number of nitrogens with zero attached hydrogens (tertiary/aromatic N) is 2. The third kappa shape index (κ3) is 3.07. The van der Waals surface area contributed by atoms with Gasteiger partial charge in [0.25, 0.3) is 0 Å². The average molecular weight is 318 g/mol. The van der Waals surface area contributed by atoms with Crippen LogP contribution in [0.3, 0.4) is 0 Å². The topological polar surface area (TPSA) is 107 Å². The number of rotatable bonds is 3. The first-order chi connectivity index (χ1) is 10.5. The molecule has 1 aromatic carbocycles. The van der Waals surface area contributed by atoms with E-state index in [4.69, 9.17) is 9.88 Å². The van der Waals surface area contributed by atoms with Gasteiger partial charge in [-0.3, -0.25) is 5.43 Å². The van der Waals surface area contributed by atoms with Crippen LogP contribution in [0.1, 0.15) is 12.0 Å². The summed E-state index contributed by atoms with van der Waals surface area (Å²) in [6.45, 7) is 0.565. The number of hydrogen-bond acceptors (Lipinski definition) is 6. The zero-order chi connectivity index (χ0) is 15.6. The van der Waals surface area contributed by atoms with E-state index in [0.29, 0.717) is 18.8 Å². The fourth-order valence-electron chi connectivity index (χ4n) is 2.08. The van der Waals surface area contributed by atoms with Crippen LogP contribution in [-0.2, 0) is 10.0 Å². The predicted molar refractivity (Wildman–Crippen MR) is 82.3 cm³/mol. The van der Waals surface area contributed by atoms with Gasteiger partial charge >= 0.3 is 0 Å². The fraction of sp³-hybridized carbons (Fsp3) is 0.143. The van der Waals surface area contributed by atoms with Crippen molar-refractivity contribution in [3.05, 3.63) is 48.2 Å². The van der Waals surface area contributed by atoms with Crippen molar-refractivity contribution in [1.82, 2.24) is 4.98 Å². The van der Waals surface area contributed by atoms with Crippen molar-refractivity contribution in [2.75, 3.05) is 12.0 Å². The molecule has 0 saturated heterocycles. The van der Waals surface area contributed by atoms with Crippen molar-refractivity contribution >= 4 is 21.6 Å². The highest BCUT2D eigenvalue weighted by Gasteiger charge is 2.16. The Hall–Kier alpha value is -2.45. The van der Waals surface area contributed by atoms with E-state index in [1.165, 1.54) is 18.3 Å². The van der Waals surface area contributed by atoms with Crippen LogP contribution < -0.4 is 15.3 Å². The van der Waals surface area contributed by atoms with Gasteiger partial charge in [0.15, 0.2) is 0 Å². The Morgan fingerprint density at radius 2 is 2.05 bits per heavy atom. The maximum Gasteiger partial charge on any atom is 0.239 e. The molecule has 0 aliphatic carbocycles. The molecule has 1 aliphatic heterocycles. The summed E-state index contributed by atoms with van der Waals surface area (Å²) < 4.78 is 27.9. The van der Waals surface area contributed by atoms with Crippen molar-refractivity contribution in [3.63, 3.8) is 0 Å². The second kappa shape index (κ2) is 5.74. The predicted octanol–water partition coefficient (Wildman–Crippen LogP) is 1.33. The normalized spacial score (nSPS) is 16.0. The molecule has 114 valence electrons. The second-order valence-electron chi connectivity index (χ2n) is 4.69. The van der Waals surface area contributed by atoms with Crippen LogP contribution in [0.5, 0.6) is 5.75 Å². The van der Waals surface area contributed by atoms with E-state index in [0.717, 1.165) is 17.0 Å². The smallest absolute Gasteiger partial charge is 0.239 e. The number of benzene rings is 1. The van der Waals surface area contributed by atoms with E-state index in [1.54, 1.807) is 0 Å². The molecule has 2 aromatic rings. The third-order valence-electron chi connectivity index (χ3n) is 3.16. The summed E-state index contributed by atoms with van der Waals surface area (Å²) in [5, 5.41) is 9.35. The van der Waals surface area contributed by atoms with Gasteiger partial charge in [0.1, 0.15) is 16.5 Å². The Labute approximate surface area is 127 Å². The lowest BCUT2D eigenvalue weighted by molar-refractivity contribution is 0.320. The van der Waals surface area contributed by atoms with E-state index in [2.05, 4.69) is 15.5 Å². The number of ether oxygens (including phenoxy) is 1. The molecule has 0 fully saturated rings. The summed E-state index contributed by atoms with van der Waals surface area (Å²) in [5.74, 6) is 1.23. The molecule has 2 heterocycles. The van der Waals surface area contributed by atoms with Crippen LogP contribution in [0.4, 0.5) is 5.82 Å². The average Bonchev–Trinajstić information content (AvgIpc) is 2.52. The quantitative estimate of drug-likeness (QED) is 0.830. The van der Waals surface area contributed by atoms with Gasteiger partial charge < -0.3 is 4.74 Å². The molecule has 0 spiro atoms. The highest BCUT2D eigenvalue weighted by Crippen LogP contribution is 2.24. The first-order valence-corrected chi connectivity index (χ1v) is 8.12. The number of nitrogens with one attached hydrogen (secondary N) is 1. The molecule has 1 aromatic heterocycles. The minimum atomic E-state index is -3.74. The molecule has 3 N–H and O–H groups in total. The lowest BCUT2D eigenvalue weighted by Crippen LogP contribution is -2.17. The molecular weight excluding hydrogens is 304 g/mol. The minimum absolute atomic E-state index is 0.0397. The lowest BCUT2D eigenvalue weighted by Gasteiger charge is -2.18. The van der Waals surface area contributed by atoms with Crippen LogP contribution in [0.25, 0.3) is 0 Å². The fourth-order valence-corrected chi connectivity index (χ4v) is 2.54. The molecule has 22 heavy (non-hydrogen) atoms. The highest BCUT2D eigenvalue weighted by molar-refractivity contribution is 7.89. The van der Waals surface area contributed by atoms with Crippen molar-refractivity contribution in [3.8, 4) is 5.75 Å². The van der Waals surface area contributed by atoms with Crippen molar-refractivity contribution in [2.45, 2.75) is 11.3 Å². The SMILES string of the molecule is NS(=O)(=O)c1ccc(N/N=C2/CCOc3ccccc32)nc1. The van der Waals surface area contributed by atoms with Crippen LogP contribution >= 0.6 is 0 Å². The van der Waals surface area contributed by atoms with Gasteiger partial charge in [-0.2, -0.15) is 5.10 Å². The van der Waals surface area contributed by atoms with E-state index in [-0.39, 0.29) is 4.90 Å². The first-order valence-electron chi connectivity index (χ1n) is 6.58. The number of anilines is 1. The lowest BCUT2D eigenvalue weighted by atomic mass is 10.0. The number of primary sulfonamides is 1. The van der Waals surface area contributed by atoms with Gasteiger partial charge in [-0.05, 0) is 24.3 Å². The Balaban J connectivity index is 1.80. The molecule has 0 unspecified atom stereocenters. The number of nitrogens with two attached hydrogens (primary N) is 1. The van der Waals surface area contributed by atoms with Crippen molar-refractivity contribution < 1.29 is 13.2 Å². The highest BCUT2D eigenvalue weighted by atomic mass is 32.2. The molecule has 3 rings (SSSR count). The number of aromatic nitrogens is 1.